The highest BCUT2D eigenvalue weighted by molar-refractivity contribution is 5.75. The first-order chi connectivity index (χ1) is 12.0. The summed E-state index contributed by atoms with van der Waals surface area (Å²) in [5.74, 6) is 0.774. The van der Waals surface area contributed by atoms with Crippen molar-refractivity contribution < 1.29 is 4.79 Å². The standard InChI is InChI=1S/C18H22N6O/c1-13(15-11-20-24(3)12-15)21-18(25)22-16(14-7-5-4-6-8-14)17-19-9-10-23(17)2/h4-13,16H,1-3H3,(H2,21,22,25)/t13-,16+/m0/s1. The first kappa shape index (κ1) is 16.8. The summed E-state index contributed by atoms with van der Waals surface area (Å²) >= 11 is 0. The number of carbonyl (C=O) groups is 1. The molecule has 7 nitrogen and oxygen atoms in total. The number of rotatable bonds is 5. The molecule has 130 valence electrons. The van der Waals surface area contributed by atoms with Gasteiger partial charge in [-0.3, -0.25) is 4.68 Å². The fourth-order valence-electron chi connectivity index (χ4n) is 2.71. The number of carbonyl (C=O) groups excluding carboxylic acids is 1. The van der Waals surface area contributed by atoms with Crippen molar-refractivity contribution in [3.8, 4) is 0 Å². The molecule has 0 spiro atoms. The molecule has 2 N–H and O–H groups in total. The minimum Gasteiger partial charge on any atom is -0.336 e. The summed E-state index contributed by atoms with van der Waals surface area (Å²) in [6.07, 6.45) is 7.23. The van der Waals surface area contributed by atoms with Gasteiger partial charge in [0.05, 0.1) is 12.2 Å². The molecule has 3 rings (SSSR count). The number of nitrogens with one attached hydrogen (secondary N) is 2. The van der Waals surface area contributed by atoms with Gasteiger partial charge in [0, 0.05) is 38.2 Å². The quantitative estimate of drug-likeness (QED) is 0.749. The molecule has 0 unspecified atom stereocenters. The molecule has 0 saturated heterocycles. The number of nitrogens with zero attached hydrogens (tertiary/aromatic N) is 4. The highest BCUT2D eigenvalue weighted by Crippen LogP contribution is 2.20. The average Bonchev–Trinajstić information content (AvgIpc) is 3.22. The summed E-state index contributed by atoms with van der Waals surface area (Å²) in [6.45, 7) is 1.93. The molecule has 0 aliphatic carbocycles. The van der Waals surface area contributed by atoms with Crippen LogP contribution in [-0.2, 0) is 14.1 Å². The zero-order valence-electron chi connectivity index (χ0n) is 14.5. The number of imidazole rings is 1. The van der Waals surface area contributed by atoms with E-state index in [0.717, 1.165) is 17.0 Å². The van der Waals surface area contributed by atoms with Gasteiger partial charge in [0.15, 0.2) is 0 Å². The second kappa shape index (κ2) is 7.21. The molecular weight excluding hydrogens is 316 g/mol. The van der Waals surface area contributed by atoms with E-state index in [-0.39, 0.29) is 18.1 Å². The van der Waals surface area contributed by atoms with Crippen molar-refractivity contribution in [3.63, 3.8) is 0 Å². The molecule has 25 heavy (non-hydrogen) atoms. The van der Waals surface area contributed by atoms with Crippen LogP contribution in [0.1, 0.15) is 36.0 Å². The van der Waals surface area contributed by atoms with Crippen LogP contribution in [0.5, 0.6) is 0 Å². The molecule has 3 aromatic rings. The number of aromatic nitrogens is 4. The molecule has 2 atom stereocenters. The molecule has 0 aliphatic heterocycles. The normalized spacial score (nSPS) is 13.2. The molecule has 2 aromatic heterocycles. The zero-order chi connectivity index (χ0) is 17.8. The van der Waals surface area contributed by atoms with Crippen molar-refractivity contribution in [2.75, 3.05) is 0 Å². The van der Waals surface area contributed by atoms with Crippen molar-refractivity contribution in [1.29, 1.82) is 0 Å². The van der Waals surface area contributed by atoms with Gasteiger partial charge in [-0.2, -0.15) is 5.10 Å². The third-order valence-corrected chi connectivity index (χ3v) is 4.10. The van der Waals surface area contributed by atoms with Gasteiger partial charge in [-0.1, -0.05) is 30.3 Å². The fraction of sp³-hybridized carbons (Fsp3) is 0.278. The second-order valence-corrected chi connectivity index (χ2v) is 6.03. The van der Waals surface area contributed by atoms with E-state index in [1.807, 2.05) is 68.3 Å². The predicted molar refractivity (Wildman–Crippen MR) is 94.8 cm³/mol. The van der Waals surface area contributed by atoms with Gasteiger partial charge in [0.2, 0.25) is 0 Å². The zero-order valence-corrected chi connectivity index (χ0v) is 14.5. The van der Waals surface area contributed by atoms with Crippen molar-refractivity contribution in [2.45, 2.75) is 19.0 Å². The van der Waals surface area contributed by atoms with Crippen molar-refractivity contribution in [3.05, 3.63) is 72.1 Å². The molecule has 2 amide bonds. The van der Waals surface area contributed by atoms with Crippen LogP contribution in [0.4, 0.5) is 4.79 Å². The Bertz CT molecular complexity index is 838. The van der Waals surface area contributed by atoms with Crippen LogP contribution < -0.4 is 10.6 Å². The van der Waals surface area contributed by atoms with Gasteiger partial charge in [0.1, 0.15) is 11.9 Å². The van der Waals surface area contributed by atoms with Crippen LogP contribution in [-0.4, -0.2) is 25.4 Å². The number of hydrogen-bond donors (Lipinski definition) is 2. The Kier molecular flexibility index (Phi) is 4.83. The second-order valence-electron chi connectivity index (χ2n) is 6.03. The molecular formula is C18H22N6O. The van der Waals surface area contributed by atoms with Crippen LogP contribution in [0.25, 0.3) is 0 Å². The van der Waals surface area contributed by atoms with E-state index < -0.39 is 0 Å². The Balaban J connectivity index is 1.76. The summed E-state index contributed by atoms with van der Waals surface area (Å²) in [5.41, 5.74) is 1.92. The highest BCUT2D eigenvalue weighted by atomic mass is 16.2. The Morgan fingerprint density at radius 1 is 1.12 bits per heavy atom. The number of benzene rings is 1. The number of aryl methyl sites for hydroxylation is 2. The van der Waals surface area contributed by atoms with Gasteiger partial charge in [-0.25, -0.2) is 9.78 Å². The lowest BCUT2D eigenvalue weighted by atomic mass is 10.1. The monoisotopic (exact) mass is 338 g/mol. The van der Waals surface area contributed by atoms with E-state index in [1.54, 1.807) is 17.1 Å². The smallest absolute Gasteiger partial charge is 0.316 e. The molecule has 0 aliphatic rings. The van der Waals surface area contributed by atoms with Crippen LogP contribution in [0.15, 0.2) is 55.1 Å². The lowest BCUT2D eigenvalue weighted by Crippen LogP contribution is -2.40. The first-order valence-corrected chi connectivity index (χ1v) is 8.12. The third kappa shape index (κ3) is 3.88. The minimum absolute atomic E-state index is 0.147. The van der Waals surface area contributed by atoms with Gasteiger partial charge in [-0.05, 0) is 12.5 Å². The first-order valence-electron chi connectivity index (χ1n) is 8.12. The van der Waals surface area contributed by atoms with Crippen LogP contribution in [0.3, 0.4) is 0 Å². The van der Waals surface area contributed by atoms with Gasteiger partial charge in [-0.15, -0.1) is 0 Å². The molecule has 2 heterocycles. The average molecular weight is 338 g/mol. The minimum atomic E-state index is -0.331. The maximum Gasteiger partial charge on any atom is 0.316 e. The van der Waals surface area contributed by atoms with Crippen LogP contribution in [0.2, 0.25) is 0 Å². The summed E-state index contributed by atoms with van der Waals surface area (Å²) in [6, 6.07) is 9.06. The van der Waals surface area contributed by atoms with Crippen LogP contribution >= 0.6 is 0 Å². The molecule has 0 bridgehead atoms. The Morgan fingerprint density at radius 3 is 2.48 bits per heavy atom. The van der Waals surface area contributed by atoms with E-state index in [0.29, 0.717) is 0 Å². The summed E-state index contributed by atoms with van der Waals surface area (Å²) in [4.78, 5) is 16.9. The lowest BCUT2D eigenvalue weighted by Gasteiger charge is -2.21. The van der Waals surface area contributed by atoms with Gasteiger partial charge >= 0.3 is 6.03 Å². The Labute approximate surface area is 146 Å². The predicted octanol–water partition coefficient (Wildman–Crippen LogP) is 2.30. The number of hydrogen-bond acceptors (Lipinski definition) is 3. The van der Waals surface area contributed by atoms with Gasteiger partial charge < -0.3 is 15.2 Å². The van der Waals surface area contributed by atoms with E-state index in [9.17, 15) is 4.79 Å². The Morgan fingerprint density at radius 2 is 1.88 bits per heavy atom. The van der Waals surface area contributed by atoms with E-state index in [2.05, 4.69) is 20.7 Å². The molecule has 1 aromatic carbocycles. The maximum absolute atomic E-state index is 12.5. The summed E-state index contributed by atoms with van der Waals surface area (Å²) in [5, 5.41) is 10.1. The number of urea groups is 1. The topological polar surface area (TPSA) is 76.8 Å². The Hall–Kier alpha value is -3.09. The molecule has 7 heteroatoms. The maximum atomic E-state index is 12.5. The van der Waals surface area contributed by atoms with Gasteiger partial charge in [0.25, 0.3) is 0 Å². The summed E-state index contributed by atoms with van der Waals surface area (Å²) < 4.78 is 3.62. The fourth-order valence-corrected chi connectivity index (χ4v) is 2.71. The summed E-state index contributed by atoms with van der Waals surface area (Å²) in [7, 11) is 3.76. The van der Waals surface area contributed by atoms with E-state index in [4.69, 9.17) is 0 Å². The van der Waals surface area contributed by atoms with Crippen molar-refractivity contribution in [1.82, 2.24) is 30.0 Å². The largest absolute Gasteiger partial charge is 0.336 e. The molecule has 0 radical (unpaired) electrons. The SMILES string of the molecule is C[C@H](NC(=O)N[C@H](c1ccccc1)c1nccn1C)c1cnn(C)c1. The molecule has 0 fully saturated rings. The number of amides is 2. The third-order valence-electron chi connectivity index (χ3n) is 4.10. The van der Waals surface area contributed by atoms with Crippen molar-refractivity contribution in [2.24, 2.45) is 14.1 Å². The van der Waals surface area contributed by atoms with Crippen LogP contribution in [0, 0.1) is 0 Å². The van der Waals surface area contributed by atoms with E-state index in [1.165, 1.54) is 0 Å². The van der Waals surface area contributed by atoms with Crippen molar-refractivity contribution >= 4 is 6.03 Å². The lowest BCUT2D eigenvalue weighted by molar-refractivity contribution is 0.235. The van der Waals surface area contributed by atoms with E-state index >= 15 is 0 Å². The molecule has 0 saturated carbocycles. The highest BCUT2D eigenvalue weighted by Gasteiger charge is 2.21.